The number of amides is 7. The van der Waals surface area contributed by atoms with Crippen LogP contribution in [0.1, 0.15) is 62.6 Å². The average molecular weight is 989 g/mol. The number of nitrogens with two attached hydrogens (primary N) is 1. The van der Waals surface area contributed by atoms with Gasteiger partial charge in [-0.2, -0.15) is 0 Å². The first-order chi connectivity index (χ1) is 33.6. The lowest BCUT2D eigenvalue weighted by molar-refractivity contribution is -0.145. The predicted octanol–water partition coefficient (Wildman–Crippen LogP) is -0.936. The summed E-state index contributed by atoms with van der Waals surface area (Å²) in [7, 11) is 0. The molecule has 0 aliphatic carbocycles. The van der Waals surface area contributed by atoms with Crippen molar-refractivity contribution in [3.63, 3.8) is 0 Å². The van der Waals surface area contributed by atoms with Crippen LogP contribution in [-0.4, -0.2) is 145 Å². The second kappa shape index (κ2) is 26.6. The number of carboxylic acids is 3. The van der Waals surface area contributed by atoms with E-state index in [0.717, 1.165) is 5.56 Å². The summed E-state index contributed by atoms with van der Waals surface area (Å²) >= 11 is 0. The maximum Gasteiger partial charge on any atom is 0.326 e. The van der Waals surface area contributed by atoms with Gasteiger partial charge in [0.25, 0.3) is 0 Å². The summed E-state index contributed by atoms with van der Waals surface area (Å²) in [6.07, 6.45) is -1.79. The summed E-state index contributed by atoms with van der Waals surface area (Å²) in [6.45, 7) is 2.28. The Morgan fingerprint density at radius 2 is 1.17 bits per heavy atom. The molecule has 4 rings (SSSR count). The first kappa shape index (κ1) is 55.5. The lowest BCUT2D eigenvalue weighted by Crippen LogP contribution is -2.59. The fourth-order valence-corrected chi connectivity index (χ4v) is 7.63. The summed E-state index contributed by atoms with van der Waals surface area (Å²) in [5.41, 5.74) is 7.89. The van der Waals surface area contributed by atoms with Crippen LogP contribution in [0.2, 0.25) is 0 Å². The lowest BCUT2D eigenvalue weighted by Gasteiger charge is -2.32. The molecule has 1 fully saturated rings. The predicted molar refractivity (Wildman–Crippen MR) is 251 cm³/mol. The quantitative estimate of drug-likeness (QED) is 0.0462. The highest BCUT2D eigenvalue weighted by Crippen LogP contribution is 2.22. The smallest absolute Gasteiger partial charge is 0.326 e. The summed E-state index contributed by atoms with van der Waals surface area (Å²) in [5, 5.41) is 62.6. The zero-order valence-electron chi connectivity index (χ0n) is 39.0. The third kappa shape index (κ3) is 17.7. The molecule has 3 aromatic rings. The molecule has 1 heterocycles. The van der Waals surface area contributed by atoms with Crippen molar-refractivity contribution < 1.29 is 73.5 Å². The normalized spacial score (nSPS) is 15.7. The number of hydrogen-bond acceptors (Lipinski definition) is 13. The Morgan fingerprint density at radius 1 is 0.620 bits per heavy atom. The number of likely N-dealkylation sites (tertiary alicyclic amines) is 1. The van der Waals surface area contributed by atoms with E-state index < -0.39 is 133 Å². The molecule has 71 heavy (non-hydrogen) atoms. The number of phenolic OH excluding ortho intramolecular Hbond substituents is 2. The van der Waals surface area contributed by atoms with Crippen molar-refractivity contribution in [2.24, 2.45) is 11.7 Å². The van der Waals surface area contributed by atoms with E-state index in [1.165, 1.54) is 53.4 Å². The highest BCUT2D eigenvalue weighted by Gasteiger charge is 2.41. The van der Waals surface area contributed by atoms with Crippen LogP contribution in [0.25, 0.3) is 0 Å². The number of carbonyl (C=O) groups is 10. The summed E-state index contributed by atoms with van der Waals surface area (Å²) < 4.78 is 0. The summed E-state index contributed by atoms with van der Waals surface area (Å²) in [5.74, 6) is -11.4. The number of benzene rings is 3. The zero-order chi connectivity index (χ0) is 52.4. The molecule has 13 N–H and O–H groups in total. The first-order valence-corrected chi connectivity index (χ1v) is 22.7. The molecular weight excluding hydrogens is 929 g/mol. The molecule has 0 spiro atoms. The van der Waals surface area contributed by atoms with E-state index in [9.17, 15) is 73.5 Å². The van der Waals surface area contributed by atoms with Gasteiger partial charge < -0.3 is 68.1 Å². The molecule has 23 nitrogen and oxygen atoms in total. The Morgan fingerprint density at radius 3 is 1.72 bits per heavy atom. The van der Waals surface area contributed by atoms with Gasteiger partial charge in [0, 0.05) is 25.8 Å². The monoisotopic (exact) mass is 988 g/mol. The van der Waals surface area contributed by atoms with E-state index in [4.69, 9.17) is 5.73 Å². The molecule has 0 aromatic heterocycles. The number of carbonyl (C=O) groups excluding carboxylic acids is 7. The number of nitrogens with zero attached hydrogens (tertiary/aromatic N) is 1. The molecule has 7 atom stereocenters. The highest BCUT2D eigenvalue weighted by molar-refractivity contribution is 5.98. The van der Waals surface area contributed by atoms with Gasteiger partial charge in [0.2, 0.25) is 41.4 Å². The van der Waals surface area contributed by atoms with Crippen LogP contribution in [0.3, 0.4) is 0 Å². The minimum atomic E-state index is -1.82. The second-order valence-electron chi connectivity index (χ2n) is 17.3. The maximum absolute atomic E-state index is 14.0. The molecule has 382 valence electrons. The number of carboxylic acid groups (broad SMARTS) is 3. The Balaban J connectivity index is 1.42. The Labute approximate surface area is 407 Å². The minimum Gasteiger partial charge on any atom is -0.508 e. The molecule has 0 radical (unpaired) electrons. The van der Waals surface area contributed by atoms with Gasteiger partial charge in [-0.1, -0.05) is 68.4 Å². The first-order valence-electron chi connectivity index (χ1n) is 22.7. The van der Waals surface area contributed by atoms with Crippen LogP contribution in [0.5, 0.6) is 11.5 Å². The molecule has 1 aliphatic heterocycles. The van der Waals surface area contributed by atoms with E-state index in [0.29, 0.717) is 17.5 Å². The third-order valence-electron chi connectivity index (χ3n) is 11.4. The van der Waals surface area contributed by atoms with E-state index in [1.807, 2.05) is 0 Å². The van der Waals surface area contributed by atoms with Crippen molar-refractivity contribution in [3.05, 3.63) is 95.6 Å². The molecule has 0 unspecified atom stereocenters. The van der Waals surface area contributed by atoms with Crippen LogP contribution in [0.15, 0.2) is 78.9 Å². The van der Waals surface area contributed by atoms with Gasteiger partial charge >= 0.3 is 17.9 Å². The van der Waals surface area contributed by atoms with Crippen molar-refractivity contribution in [1.29, 1.82) is 0 Å². The molecule has 1 aliphatic rings. The van der Waals surface area contributed by atoms with Crippen LogP contribution in [-0.2, 0) is 67.2 Å². The molecular formula is C48H60N8O15. The fourth-order valence-electron chi connectivity index (χ4n) is 7.63. The van der Waals surface area contributed by atoms with Crippen molar-refractivity contribution in [3.8, 4) is 11.5 Å². The van der Waals surface area contributed by atoms with Crippen molar-refractivity contribution in [2.75, 3.05) is 13.1 Å². The van der Waals surface area contributed by atoms with E-state index >= 15 is 0 Å². The number of aromatic hydroxyl groups is 2. The number of nitrogens with one attached hydrogen (secondary N) is 6. The van der Waals surface area contributed by atoms with Crippen LogP contribution in [0, 0.1) is 5.92 Å². The lowest BCUT2D eigenvalue weighted by atomic mass is 10.0. The second-order valence-corrected chi connectivity index (χ2v) is 17.3. The Bertz CT molecular complexity index is 2380. The van der Waals surface area contributed by atoms with E-state index in [2.05, 4.69) is 31.9 Å². The van der Waals surface area contributed by atoms with Gasteiger partial charge in [-0.3, -0.25) is 43.2 Å². The van der Waals surface area contributed by atoms with Gasteiger partial charge in [-0.15, -0.1) is 0 Å². The van der Waals surface area contributed by atoms with Crippen LogP contribution >= 0.6 is 0 Å². The van der Waals surface area contributed by atoms with Gasteiger partial charge in [-0.25, -0.2) is 4.79 Å². The SMILES string of the molecule is CC(C)[C@H](NC(=O)[C@H](CC(=O)O)NC(=O)CNC(=O)[C@H](CCC(=O)O)NC(=O)[C@H](Cc1ccc(O)cc1)NC(=O)[C@@H](N)Cc1ccccc1)C(=O)N1CCC[C@H]1C(=O)N[C@@H](Cc1ccc(O)cc1)C(=O)O. The number of phenols is 2. The van der Waals surface area contributed by atoms with Gasteiger partial charge in [0.1, 0.15) is 47.8 Å². The van der Waals surface area contributed by atoms with Gasteiger partial charge in [0.05, 0.1) is 19.0 Å². The third-order valence-corrected chi connectivity index (χ3v) is 11.4. The zero-order valence-corrected chi connectivity index (χ0v) is 39.0. The van der Waals surface area contributed by atoms with E-state index in [-0.39, 0.29) is 43.7 Å². The maximum atomic E-state index is 14.0. The average Bonchev–Trinajstić information content (AvgIpc) is 3.82. The fraction of sp³-hybridized carbons (Fsp3) is 0.417. The highest BCUT2D eigenvalue weighted by atomic mass is 16.4. The standard InChI is InChI=1S/C48H60N8O15/c1-26(2)41(47(69)56-20-6-9-37(56)46(68)54-36(48(70)71)23-29-12-16-31(58)17-13-29)55-45(67)35(24-40(62)63)51-38(59)25-50-43(65)33(18-19-39(60)61)52-44(66)34(22-28-10-14-30(57)15-11-28)53-42(64)32(49)21-27-7-4-3-5-8-27/h3-5,7-8,10-17,26,32-37,41,57-58H,6,9,18-25,49H2,1-2H3,(H,50,65)(H,51,59)(H,52,66)(H,53,64)(H,54,68)(H,55,67)(H,60,61)(H,62,63)(H,70,71)/t32-,33-,34-,35-,36-,37-,41-/m0/s1. The molecule has 1 saturated heterocycles. The molecule has 23 heteroatoms. The topological polar surface area (TPSA) is 373 Å². The van der Waals surface area contributed by atoms with Gasteiger partial charge in [-0.05, 0) is 72.6 Å². The van der Waals surface area contributed by atoms with Crippen LogP contribution < -0.4 is 37.6 Å². The summed E-state index contributed by atoms with van der Waals surface area (Å²) in [4.78, 5) is 132. The van der Waals surface area contributed by atoms with Crippen LogP contribution in [0.4, 0.5) is 0 Å². The molecule has 0 bridgehead atoms. The number of hydrogen-bond donors (Lipinski definition) is 12. The Kier molecular flexibility index (Phi) is 20.8. The molecule has 0 saturated carbocycles. The largest absolute Gasteiger partial charge is 0.508 e. The molecule has 7 amide bonds. The van der Waals surface area contributed by atoms with Crippen molar-refractivity contribution in [2.45, 2.75) is 108 Å². The van der Waals surface area contributed by atoms with Gasteiger partial charge in [0.15, 0.2) is 0 Å². The van der Waals surface area contributed by atoms with Crippen molar-refractivity contribution in [1.82, 2.24) is 36.8 Å². The minimum absolute atomic E-state index is 0.0397. The number of aliphatic carboxylic acids is 3. The van der Waals surface area contributed by atoms with E-state index in [1.54, 1.807) is 44.2 Å². The molecule has 3 aromatic carbocycles. The Hall–Kier alpha value is -8.08. The number of rotatable bonds is 26. The van der Waals surface area contributed by atoms with Crippen molar-refractivity contribution >= 4 is 59.3 Å². The summed E-state index contributed by atoms with van der Waals surface area (Å²) in [6, 6.07) is 10.4.